The smallest absolute Gasteiger partial charge is 0.417 e. The fourth-order valence-electron chi connectivity index (χ4n) is 1.89. The van der Waals surface area contributed by atoms with Crippen molar-refractivity contribution < 1.29 is 27.8 Å². The lowest BCUT2D eigenvalue weighted by Crippen LogP contribution is -2.52. The average Bonchev–Trinajstić information content (AvgIpc) is 2.21. The van der Waals surface area contributed by atoms with E-state index in [2.05, 4.69) is 6.58 Å². The number of esters is 1. The summed E-state index contributed by atoms with van der Waals surface area (Å²) in [6.07, 6.45) is -5.62. The third kappa shape index (κ3) is 3.04. The minimum atomic E-state index is -4.65. The molecule has 1 N–H and O–H groups in total. The average molecular weight is 266 g/mol. The van der Waals surface area contributed by atoms with Gasteiger partial charge in [0.05, 0.1) is 0 Å². The Morgan fingerprint density at radius 2 is 1.72 bits per heavy atom. The van der Waals surface area contributed by atoms with Crippen LogP contribution >= 0.6 is 0 Å². The molecule has 1 aliphatic rings. The number of alkyl halides is 3. The molecule has 0 radical (unpaired) electrons. The molecule has 1 saturated carbocycles. The second-order valence-corrected chi connectivity index (χ2v) is 5.15. The summed E-state index contributed by atoms with van der Waals surface area (Å²) in [6.45, 7) is 6.46. The molecule has 0 aromatic rings. The predicted octanol–water partition coefficient (Wildman–Crippen LogP) is 2.73. The van der Waals surface area contributed by atoms with E-state index in [1.54, 1.807) is 6.92 Å². The second-order valence-electron chi connectivity index (χ2n) is 5.15. The van der Waals surface area contributed by atoms with Gasteiger partial charge in [-0.05, 0) is 39.5 Å². The highest BCUT2D eigenvalue weighted by Crippen LogP contribution is 2.45. The molecule has 1 fully saturated rings. The van der Waals surface area contributed by atoms with E-state index in [0.717, 1.165) is 0 Å². The Kier molecular flexibility index (Phi) is 3.81. The van der Waals surface area contributed by atoms with Crippen molar-refractivity contribution in [2.24, 2.45) is 0 Å². The zero-order valence-corrected chi connectivity index (χ0v) is 10.4. The third-order valence-electron chi connectivity index (χ3n) is 3.35. The maximum Gasteiger partial charge on any atom is 0.417 e. The van der Waals surface area contributed by atoms with Crippen LogP contribution in [0.25, 0.3) is 0 Å². The van der Waals surface area contributed by atoms with Crippen molar-refractivity contribution in [2.45, 2.75) is 56.9 Å². The number of carbonyl (C=O) groups excluding carboxylic acids is 1. The zero-order chi connectivity index (χ0) is 14.2. The van der Waals surface area contributed by atoms with Crippen LogP contribution in [0.1, 0.15) is 39.5 Å². The molecule has 0 spiro atoms. The minimum Gasteiger partial charge on any atom is -0.456 e. The van der Waals surface area contributed by atoms with Crippen molar-refractivity contribution in [1.29, 1.82) is 0 Å². The molecular weight excluding hydrogens is 249 g/mol. The normalized spacial score (nSPS) is 33.0. The van der Waals surface area contributed by atoms with Crippen LogP contribution in [0.2, 0.25) is 0 Å². The molecule has 0 aromatic heterocycles. The van der Waals surface area contributed by atoms with E-state index in [1.165, 1.54) is 6.92 Å². The van der Waals surface area contributed by atoms with Gasteiger partial charge in [0.25, 0.3) is 0 Å². The van der Waals surface area contributed by atoms with Crippen LogP contribution < -0.4 is 0 Å². The first-order chi connectivity index (χ1) is 7.99. The van der Waals surface area contributed by atoms with Crippen molar-refractivity contribution in [2.75, 3.05) is 0 Å². The highest BCUT2D eigenvalue weighted by atomic mass is 19.4. The van der Waals surface area contributed by atoms with E-state index in [9.17, 15) is 23.1 Å². The van der Waals surface area contributed by atoms with Gasteiger partial charge < -0.3 is 9.84 Å². The first-order valence-electron chi connectivity index (χ1n) is 5.67. The molecule has 18 heavy (non-hydrogen) atoms. The van der Waals surface area contributed by atoms with Gasteiger partial charge in [-0.2, -0.15) is 13.2 Å². The van der Waals surface area contributed by atoms with E-state index in [1.807, 2.05) is 0 Å². The molecule has 6 heteroatoms. The SMILES string of the molecule is C=C(C)C(=O)OC1(C)CCC(O)(C(F)(F)F)CC1. The topological polar surface area (TPSA) is 46.5 Å². The van der Waals surface area contributed by atoms with E-state index in [4.69, 9.17) is 4.74 Å². The molecular formula is C12H17F3O3. The van der Waals surface area contributed by atoms with Gasteiger partial charge >= 0.3 is 12.1 Å². The molecule has 0 atom stereocenters. The van der Waals surface area contributed by atoms with Gasteiger partial charge in [-0.3, -0.25) is 0 Å². The summed E-state index contributed by atoms with van der Waals surface area (Å²) >= 11 is 0. The van der Waals surface area contributed by atoms with Gasteiger partial charge in [0, 0.05) is 5.57 Å². The third-order valence-corrected chi connectivity index (χ3v) is 3.35. The van der Waals surface area contributed by atoms with Crippen LogP contribution in [0.5, 0.6) is 0 Å². The second kappa shape index (κ2) is 4.57. The van der Waals surface area contributed by atoms with Crippen LogP contribution in [0.3, 0.4) is 0 Å². The Morgan fingerprint density at radius 1 is 1.28 bits per heavy atom. The standard InChI is InChI=1S/C12H17F3O3/c1-8(2)9(16)18-10(3)4-6-11(17,7-5-10)12(13,14)15/h17H,1,4-7H2,2-3H3. The first kappa shape index (κ1) is 15.0. The molecule has 3 nitrogen and oxygen atoms in total. The minimum absolute atomic E-state index is 0.0258. The van der Waals surface area contributed by atoms with E-state index < -0.39 is 36.2 Å². The van der Waals surface area contributed by atoms with Gasteiger partial charge in [-0.15, -0.1) is 0 Å². The quantitative estimate of drug-likeness (QED) is 0.617. The fraction of sp³-hybridized carbons (Fsp3) is 0.750. The van der Waals surface area contributed by atoms with E-state index in [-0.39, 0.29) is 18.4 Å². The van der Waals surface area contributed by atoms with E-state index in [0.29, 0.717) is 0 Å². The van der Waals surface area contributed by atoms with Gasteiger partial charge in [0.15, 0.2) is 5.60 Å². The molecule has 1 rings (SSSR count). The summed E-state index contributed by atoms with van der Waals surface area (Å²) in [6, 6.07) is 0. The van der Waals surface area contributed by atoms with Gasteiger partial charge in [0.1, 0.15) is 5.60 Å². The lowest BCUT2D eigenvalue weighted by molar-refractivity contribution is -0.278. The Morgan fingerprint density at radius 3 is 2.06 bits per heavy atom. The van der Waals surface area contributed by atoms with Crippen LogP contribution in [0.4, 0.5) is 13.2 Å². The lowest BCUT2D eigenvalue weighted by Gasteiger charge is -2.42. The van der Waals surface area contributed by atoms with Gasteiger partial charge in [-0.1, -0.05) is 6.58 Å². The summed E-state index contributed by atoms with van der Waals surface area (Å²) < 4.78 is 42.9. The Hall–Kier alpha value is -1.04. The molecule has 0 aliphatic heterocycles. The molecule has 0 saturated heterocycles. The molecule has 0 heterocycles. The number of ether oxygens (including phenoxy) is 1. The number of carbonyl (C=O) groups is 1. The predicted molar refractivity (Wildman–Crippen MR) is 58.8 cm³/mol. The molecule has 104 valence electrons. The Labute approximate surface area is 104 Å². The first-order valence-corrected chi connectivity index (χ1v) is 5.67. The number of hydrogen-bond donors (Lipinski definition) is 1. The molecule has 0 unspecified atom stereocenters. The Balaban J connectivity index is 2.68. The number of aliphatic hydroxyl groups is 1. The monoisotopic (exact) mass is 266 g/mol. The molecule has 0 aromatic carbocycles. The lowest BCUT2D eigenvalue weighted by atomic mass is 9.76. The number of halogens is 3. The maximum absolute atomic E-state index is 12.6. The maximum atomic E-state index is 12.6. The number of rotatable bonds is 2. The van der Waals surface area contributed by atoms with Crippen molar-refractivity contribution >= 4 is 5.97 Å². The van der Waals surface area contributed by atoms with E-state index >= 15 is 0 Å². The van der Waals surface area contributed by atoms with Crippen LogP contribution in [0.15, 0.2) is 12.2 Å². The van der Waals surface area contributed by atoms with Crippen LogP contribution in [0, 0.1) is 0 Å². The van der Waals surface area contributed by atoms with Crippen molar-refractivity contribution in [3.05, 3.63) is 12.2 Å². The summed E-state index contributed by atoms with van der Waals surface area (Å²) in [5.74, 6) is -0.616. The number of hydrogen-bond acceptors (Lipinski definition) is 3. The van der Waals surface area contributed by atoms with Crippen molar-refractivity contribution in [3.63, 3.8) is 0 Å². The van der Waals surface area contributed by atoms with Crippen molar-refractivity contribution in [3.8, 4) is 0 Å². The highest BCUT2D eigenvalue weighted by molar-refractivity contribution is 5.87. The molecule has 0 bridgehead atoms. The molecule has 0 amide bonds. The summed E-state index contributed by atoms with van der Waals surface area (Å²) in [5.41, 5.74) is -3.43. The van der Waals surface area contributed by atoms with Gasteiger partial charge in [0.2, 0.25) is 0 Å². The van der Waals surface area contributed by atoms with Gasteiger partial charge in [-0.25, -0.2) is 4.79 Å². The largest absolute Gasteiger partial charge is 0.456 e. The van der Waals surface area contributed by atoms with Crippen LogP contribution in [-0.4, -0.2) is 28.5 Å². The zero-order valence-electron chi connectivity index (χ0n) is 10.4. The van der Waals surface area contributed by atoms with Crippen LogP contribution in [-0.2, 0) is 9.53 Å². The Bertz CT molecular complexity index is 352. The fourth-order valence-corrected chi connectivity index (χ4v) is 1.89. The highest BCUT2D eigenvalue weighted by Gasteiger charge is 2.57. The summed E-state index contributed by atoms with van der Waals surface area (Å²) in [4.78, 5) is 11.4. The summed E-state index contributed by atoms with van der Waals surface area (Å²) in [7, 11) is 0. The molecule has 1 aliphatic carbocycles. The summed E-state index contributed by atoms with van der Waals surface area (Å²) in [5, 5.41) is 9.50. The van der Waals surface area contributed by atoms with Crippen molar-refractivity contribution in [1.82, 2.24) is 0 Å².